The average Bonchev–Trinajstić information content (AvgIpc) is 2.85. The molecule has 0 radical (unpaired) electrons. The van der Waals surface area contributed by atoms with Gasteiger partial charge in [-0.3, -0.25) is 4.79 Å². The molecule has 1 aliphatic rings. The van der Waals surface area contributed by atoms with Crippen LogP contribution in [0.15, 0.2) is 0 Å². The molecule has 0 aliphatic carbocycles. The van der Waals surface area contributed by atoms with E-state index >= 15 is 0 Å². The average molecular weight is 356 g/mol. The Morgan fingerprint density at radius 3 is 2.42 bits per heavy atom. The number of carbonyl (C=O) groups excluding carboxylic acids is 2. The normalized spacial score (nSPS) is 22.6. The summed E-state index contributed by atoms with van der Waals surface area (Å²) in [7, 11) is -3.12. The number of nitrogens with one attached hydrogen (secondary N) is 2. The lowest BCUT2D eigenvalue weighted by Crippen LogP contribution is -2.47. The molecule has 1 unspecified atom stereocenters. The van der Waals surface area contributed by atoms with Gasteiger partial charge in [0.05, 0.1) is 28.7 Å². The predicted molar refractivity (Wildman–Crippen MR) is 90.0 cm³/mol. The first-order chi connectivity index (χ1) is 10.9. The van der Waals surface area contributed by atoms with E-state index in [1.165, 1.54) is 0 Å². The molecule has 0 bridgehead atoms. The van der Waals surface area contributed by atoms with E-state index < -0.39 is 27.3 Å². The van der Waals surface area contributed by atoms with Crippen LogP contribution in [0.2, 0.25) is 0 Å². The number of esters is 1. The van der Waals surface area contributed by atoms with Crippen LogP contribution >= 0.6 is 0 Å². The number of carbonyl (C=O) groups is 2. The summed E-state index contributed by atoms with van der Waals surface area (Å²) in [6.45, 7) is 8.59. The monoisotopic (exact) mass is 356 g/mol. The number of hydrogen-bond acceptors (Lipinski definition) is 5. The van der Waals surface area contributed by atoms with Crippen LogP contribution in [0.1, 0.15) is 59.3 Å². The van der Waals surface area contributed by atoms with Crippen LogP contribution in [0, 0.1) is 13.8 Å². The highest BCUT2D eigenvalue weighted by Crippen LogP contribution is 2.25. The number of amides is 1. The van der Waals surface area contributed by atoms with Crippen LogP contribution in [0.4, 0.5) is 0 Å². The predicted octanol–water partition coefficient (Wildman–Crippen LogP) is 1.50. The Labute approximate surface area is 142 Å². The number of aromatic nitrogens is 1. The van der Waals surface area contributed by atoms with Crippen LogP contribution in [0.5, 0.6) is 0 Å². The van der Waals surface area contributed by atoms with Gasteiger partial charge in [-0.05, 0) is 46.6 Å². The molecular weight excluding hydrogens is 332 g/mol. The second kappa shape index (κ2) is 6.23. The van der Waals surface area contributed by atoms with E-state index in [2.05, 4.69) is 10.3 Å². The van der Waals surface area contributed by atoms with Crippen molar-refractivity contribution in [3.63, 3.8) is 0 Å². The topological polar surface area (TPSA) is 105 Å². The van der Waals surface area contributed by atoms with Gasteiger partial charge in [0.2, 0.25) is 0 Å². The molecule has 1 aromatic heterocycles. The lowest BCUT2D eigenvalue weighted by Gasteiger charge is -2.23. The van der Waals surface area contributed by atoms with E-state index in [4.69, 9.17) is 4.74 Å². The van der Waals surface area contributed by atoms with Crippen LogP contribution in [-0.2, 0) is 14.6 Å². The molecule has 8 heteroatoms. The minimum Gasteiger partial charge on any atom is -0.459 e. The van der Waals surface area contributed by atoms with Crippen molar-refractivity contribution in [2.75, 3.05) is 11.5 Å². The minimum atomic E-state index is -3.12. The zero-order chi connectivity index (χ0) is 18.3. The third kappa shape index (κ3) is 3.80. The number of aryl methyl sites for hydroxylation is 1. The standard InChI is InChI=1S/C16H24N2O5S/c1-9(2)23-15(20)12-10(3)13(17-11(12)4)14(19)18-16(5)6-7-24(21,22)8-16/h9,17H,6-8H2,1-5H3,(H,18,19). The molecule has 1 aliphatic heterocycles. The Hall–Kier alpha value is -1.83. The molecule has 24 heavy (non-hydrogen) atoms. The fourth-order valence-corrected chi connectivity index (χ4v) is 5.10. The van der Waals surface area contributed by atoms with Crippen LogP contribution < -0.4 is 5.32 Å². The smallest absolute Gasteiger partial charge is 0.340 e. The largest absolute Gasteiger partial charge is 0.459 e. The number of aromatic amines is 1. The molecule has 2 rings (SSSR count). The van der Waals surface area contributed by atoms with Crippen LogP contribution in [-0.4, -0.2) is 48.4 Å². The summed E-state index contributed by atoms with van der Waals surface area (Å²) in [6.07, 6.45) is 0.119. The third-order valence-electron chi connectivity index (χ3n) is 4.13. The van der Waals surface area contributed by atoms with Crippen molar-refractivity contribution in [2.45, 2.75) is 52.7 Å². The van der Waals surface area contributed by atoms with Gasteiger partial charge in [0.1, 0.15) is 5.69 Å². The van der Waals surface area contributed by atoms with Gasteiger partial charge >= 0.3 is 5.97 Å². The molecule has 2 heterocycles. The molecule has 1 amide bonds. The molecule has 1 fully saturated rings. The van der Waals surface area contributed by atoms with E-state index in [1.54, 1.807) is 34.6 Å². The van der Waals surface area contributed by atoms with E-state index in [9.17, 15) is 18.0 Å². The van der Waals surface area contributed by atoms with Crippen molar-refractivity contribution in [3.8, 4) is 0 Å². The molecule has 1 saturated heterocycles. The molecule has 2 N–H and O–H groups in total. The fraction of sp³-hybridized carbons (Fsp3) is 0.625. The summed E-state index contributed by atoms with van der Waals surface area (Å²) < 4.78 is 28.5. The SMILES string of the molecule is Cc1[nH]c(C(=O)NC2(C)CCS(=O)(=O)C2)c(C)c1C(=O)OC(C)C. The Morgan fingerprint density at radius 1 is 1.29 bits per heavy atom. The first-order valence-corrected chi connectivity index (χ1v) is 9.69. The van der Waals surface area contributed by atoms with Gasteiger partial charge in [0, 0.05) is 5.69 Å². The fourth-order valence-electron chi connectivity index (χ4n) is 3.00. The van der Waals surface area contributed by atoms with Gasteiger partial charge in [0.25, 0.3) is 5.91 Å². The summed E-state index contributed by atoms with van der Waals surface area (Å²) in [5.74, 6) is -0.908. The van der Waals surface area contributed by atoms with Gasteiger partial charge < -0.3 is 15.0 Å². The second-order valence-corrected chi connectivity index (χ2v) is 9.12. The van der Waals surface area contributed by atoms with Crippen LogP contribution in [0.25, 0.3) is 0 Å². The number of rotatable bonds is 4. The lowest BCUT2D eigenvalue weighted by molar-refractivity contribution is 0.0376. The second-order valence-electron chi connectivity index (χ2n) is 6.94. The van der Waals surface area contributed by atoms with Crippen molar-refractivity contribution in [1.29, 1.82) is 0 Å². The molecule has 7 nitrogen and oxygen atoms in total. The first-order valence-electron chi connectivity index (χ1n) is 7.87. The molecule has 0 spiro atoms. The zero-order valence-corrected chi connectivity index (χ0v) is 15.5. The molecular formula is C16H24N2O5S. The van der Waals surface area contributed by atoms with E-state index in [0.717, 1.165) is 0 Å². The zero-order valence-electron chi connectivity index (χ0n) is 14.6. The lowest BCUT2D eigenvalue weighted by atomic mass is 10.0. The van der Waals surface area contributed by atoms with Crippen molar-refractivity contribution >= 4 is 21.7 Å². The third-order valence-corrected chi connectivity index (χ3v) is 6.03. The van der Waals surface area contributed by atoms with E-state index in [-0.39, 0.29) is 23.3 Å². The molecule has 0 saturated carbocycles. The van der Waals surface area contributed by atoms with E-state index in [1.807, 2.05) is 0 Å². The Balaban J connectivity index is 2.24. The number of ether oxygens (including phenoxy) is 1. The highest BCUT2D eigenvalue weighted by Gasteiger charge is 2.40. The highest BCUT2D eigenvalue weighted by molar-refractivity contribution is 7.91. The van der Waals surface area contributed by atoms with Gasteiger partial charge in [-0.1, -0.05) is 0 Å². The van der Waals surface area contributed by atoms with Gasteiger partial charge in [0.15, 0.2) is 9.84 Å². The highest BCUT2D eigenvalue weighted by atomic mass is 32.2. The minimum absolute atomic E-state index is 0.0679. The Kier molecular flexibility index (Phi) is 4.81. The van der Waals surface area contributed by atoms with Crippen LogP contribution in [0.3, 0.4) is 0 Å². The summed E-state index contributed by atoms with van der Waals surface area (Å²) in [5.41, 5.74) is 0.861. The number of hydrogen-bond donors (Lipinski definition) is 2. The molecule has 0 aromatic carbocycles. The van der Waals surface area contributed by atoms with Gasteiger partial charge in [-0.2, -0.15) is 0 Å². The molecule has 134 valence electrons. The van der Waals surface area contributed by atoms with E-state index in [0.29, 0.717) is 23.2 Å². The quantitative estimate of drug-likeness (QED) is 0.796. The van der Waals surface area contributed by atoms with Gasteiger partial charge in [-0.15, -0.1) is 0 Å². The molecule has 1 atom stereocenters. The number of H-pyrrole nitrogens is 1. The number of sulfone groups is 1. The summed E-state index contributed by atoms with van der Waals surface area (Å²) >= 11 is 0. The maximum Gasteiger partial charge on any atom is 0.340 e. The van der Waals surface area contributed by atoms with Crippen molar-refractivity contribution in [1.82, 2.24) is 10.3 Å². The van der Waals surface area contributed by atoms with Gasteiger partial charge in [-0.25, -0.2) is 13.2 Å². The summed E-state index contributed by atoms with van der Waals surface area (Å²) in [4.78, 5) is 27.6. The maximum atomic E-state index is 12.6. The van der Waals surface area contributed by atoms with Crippen molar-refractivity contribution in [2.24, 2.45) is 0 Å². The summed E-state index contributed by atoms with van der Waals surface area (Å²) in [5, 5.41) is 2.79. The first kappa shape index (κ1) is 18.5. The summed E-state index contributed by atoms with van der Waals surface area (Å²) in [6, 6.07) is 0. The van der Waals surface area contributed by atoms with Crippen molar-refractivity contribution in [3.05, 3.63) is 22.5 Å². The Bertz CT molecular complexity index is 779. The Morgan fingerprint density at radius 2 is 1.92 bits per heavy atom. The molecule has 1 aromatic rings. The van der Waals surface area contributed by atoms with Crippen molar-refractivity contribution < 1.29 is 22.7 Å². The maximum absolute atomic E-state index is 12.6.